The highest BCUT2D eigenvalue weighted by Crippen LogP contribution is 2.26. The number of fused-ring (bicyclic) bond motifs is 1. The maximum Gasteiger partial charge on any atom is 0.267 e. The highest BCUT2D eigenvalue weighted by Gasteiger charge is 2.21. The Morgan fingerprint density at radius 1 is 1.03 bits per heavy atom. The lowest BCUT2D eigenvalue weighted by Gasteiger charge is -2.21. The van der Waals surface area contributed by atoms with Gasteiger partial charge in [-0.1, -0.05) is 41.8 Å². The van der Waals surface area contributed by atoms with Gasteiger partial charge in [0, 0.05) is 6.20 Å². The normalized spacial score (nSPS) is 11.5. The Morgan fingerprint density at radius 2 is 1.84 bits per heavy atom. The van der Waals surface area contributed by atoms with Crippen LogP contribution in [0.5, 0.6) is 0 Å². The second kappa shape index (κ2) is 10.1. The molecule has 3 N–H and O–H groups in total. The molecule has 0 spiro atoms. The summed E-state index contributed by atoms with van der Waals surface area (Å²) in [6, 6.07) is 17.8. The summed E-state index contributed by atoms with van der Waals surface area (Å²) in [7, 11) is 0. The Labute approximate surface area is 218 Å². The number of pyridine rings is 1. The molecular formula is C28H22ClN7O. The molecule has 0 amide bonds. The van der Waals surface area contributed by atoms with Crippen LogP contribution in [0.3, 0.4) is 0 Å². The summed E-state index contributed by atoms with van der Waals surface area (Å²) in [5.41, 5.74) is 9.14. The molecule has 8 nitrogen and oxygen atoms in total. The average molecular weight is 508 g/mol. The van der Waals surface area contributed by atoms with Crippen LogP contribution in [-0.2, 0) is 0 Å². The second-order valence-electron chi connectivity index (χ2n) is 8.40. The van der Waals surface area contributed by atoms with Gasteiger partial charge in [-0.05, 0) is 61.7 Å². The van der Waals surface area contributed by atoms with E-state index in [1.165, 1.54) is 6.33 Å². The number of benzene rings is 2. The molecule has 0 saturated carbocycles. The van der Waals surface area contributed by atoms with Gasteiger partial charge in [0.05, 0.1) is 27.7 Å². The number of halogens is 1. The van der Waals surface area contributed by atoms with Gasteiger partial charge in [-0.2, -0.15) is 0 Å². The zero-order valence-corrected chi connectivity index (χ0v) is 20.9. The molecule has 5 aromatic rings. The van der Waals surface area contributed by atoms with Crippen LogP contribution in [0.15, 0.2) is 78.0 Å². The lowest BCUT2D eigenvalue weighted by molar-refractivity contribution is 0.730. The van der Waals surface area contributed by atoms with Gasteiger partial charge in [0.25, 0.3) is 5.56 Å². The van der Waals surface area contributed by atoms with Gasteiger partial charge in [-0.25, -0.2) is 19.9 Å². The fourth-order valence-electron chi connectivity index (χ4n) is 3.96. The summed E-state index contributed by atoms with van der Waals surface area (Å²) in [5.74, 6) is 7.19. The molecule has 1 unspecified atom stereocenters. The van der Waals surface area contributed by atoms with E-state index in [-0.39, 0.29) is 11.4 Å². The van der Waals surface area contributed by atoms with Gasteiger partial charge < -0.3 is 11.1 Å². The minimum Gasteiger partial charge on any atom is -0.382 e. The van der Waals surface area contributed by atoms with Crippen molar-refractivity contribution < 1.29 is 0 Å². The molecule has 0 aliphatic heterocycles. The first-order valence-electron chi connectivity index (χ1n) is 11.5. The number of anilines is 2. The first-order valence-corrected chi connectivity index (χ1v) is 11.9. The molecule has 0 saturated heterocycles. The molecule has 0 aliphatic carbocycles. The van der Waals surface area contributed by atoms with Crippen molar-refractivity contribution in [1.29, 1.82) is 0 Å². The average Bonchev–Trinajstić information content (AvgIpc) is 2.88. The molecule has 0 radical (unpaired) electrons. The highest BCUT2D eigenvalue weighted by atomic mass is 35.5. The van der Waals surface area contributed by atoms with Gasteiger partial charge in [0.1, 0.15) is 35.0 Å². The molecule has 3 heterocycles. The molecular weight excluding hydrogens is 486 g/mol. The fraction of sp³-hybridized carbons (Fsp3) is 0.107. The molecule has 0 bridgehead atoms. The number of nitrogens with two attached hydrogens (primary N) is 1. The smallest absolute Gasteiger partial charge is 0.267 e. The Balaban J connectivity index is 1.61. The number of para-hydroxylation sites is 1. The standard InChI is InChI=1S/C28H22ClN7O/c1-17-13-14-31-19(15-17)11-12-21-25(30)32-16-33-26(21)34-18(2)27-35-23-10-6-9-22(29)24(23)28(37)36(27)20-7-4-3-5-8-20/h3-10,13-16,18H,1-2H3,(H3,30,32,33,34). The number of nitrogen functional groups attached to an aromatic ring is 1. The number of hydrogen-bond donors (Lipinski definition) is 2. The lowest BCUT2D eigenvalue weighted by Crippen LogP contribution is -2.27. The van der Waals surface area contributed by atoms with Crippen LogP contribution in [0.25, 0.3) is 16.6 Å². The van der Waals surface area contributed by atoms with Crippen LogP contribution >= 0.6 is 11.6 Å². The maximum absolute atomic E-state index is 13.7. The fourth-order valence-corrected chi connectivity index (χ4v) is 4.21. The van der Waals surface area contributed by atoms with E-state index in [9.17, 15) is 4.79 Å². The van der Waals surface area contributed by atoms with E-state index in [0.29, 0.717) is 44.5 Å². The summed E-state index contributed by atoms with van der Waals surface area (Å²) in [6.45, 7) is 3.85. The number of nitrogens with zero attached hydrogens (tertiary/aromatic N) is 5. The number of aromatic nitrogens is 5. The van der Waals surface area contributed by atoms with E-state index < -0.39 is 6.04 Å². The molecule has 182 valence electrons. The summed E-state index contributed by atoms with van der Waals surface area (Å²) >= 11 is 6.40. The highest BCUT2D eigenvalue weighted by molar-refractivity contribution is 6.35. The Morgan fingerprint density at radius 3 is 2.62 bits per heavy atom. The quantitative estimate of drug-likeness (QED) is 0.339. The van der Waals surface area contributed by atoms with Crippen molar-refractivity contribution in [2.24, 2.45) is 0 Å². The van der Waals surface area contributed by atoms with Gasteiger partial charge in [0.15, 0.2) is 0 Å². The molecule has 0 aliphatic rings. The van der Waals surface area contributed by atoms with Crippen LogP contribution in [-0.4, -0.2) is 24.5 Å². The van der Waals surface area contributed by atoms with E-state index in [1.807, 2.05) is 56.3 Å². The van der Waals surface area contributed by atoms with Crippen molar-refractivity contribution in [3.8, 4) is 17.5 Å². The molecule has 37 heavy (non-hydrogen) atoms. The zero-order valence-electron chi connectivity index (χ0n) is 20.1. The first-order chi connectivity index (χ1) is 17.9. The zero-order chi connectivity index (χ0) is 25.9. The van der Waals surface area contributed by atoms with E-state index in [4.69, 9.17) is 22.3 Å². The largest absolute Gasteiger partial charge is 0.382 e. The first kappa shape index (κ1) is 24.0. The second-order valence-corrected chi connectivity index (χ2v) is 8.80. The van der Waals surface area contributed by atoms with E-state index in [0.717, 1.165) is 5.56 Å². The predicted molar refractivity (Wildman–Crippen MR) is 146 cm³/mol. The van der Waals surface area contributed by atoms with Crippen LogP contribution in [0, 0.1) is 18.8 Å². The van der Waals surface area contributed by atoms with Crippen LogP contribution < -0.4 is 16.6 Å². The number of nitrogens with one attached hydrogen (secondary N) is 1. The van der Waals surface area contributed by atoms with Crippen molar-refractivity contribution in [3.63, 3.8) is 0 Å². The Bertz CT molecular complexity index is 1740. The van der Waals surface area contributed by atoms with E-state index in [2.05, 4.69) is 32.1 Å². The van der Waals surface area contributed by atoms with Gasteiger partial charge in [0.2, 0.25) is 0 Å². The molecule has 9 heteroatoms. The third-order valence-electron chi connectivity index (χ3n) is 5.74. The summed E-state index contributed by atoms with van der Waals surface area (Å²) in [5, 5.41) is 4.02. The Kier molecular flexibility index (Phi) is 6.54. The van der Waals surface area contributed by atoms with Crippen molar-refractivity contribution in [2.75, 3.05) is 11.1 Å². The maximum atomic E-state index is 13.7. The minimum atomic E-state index is -0.469. The Hall–Kier alpha value is -4.74. The number of rotatable bonds is 4. The van der Waals surface area contributed by atoms with Gasteiger partial charge in [-0.15, -0.1) is 0 Å². The van der Waals surface area contributed by atoms with Crippen molar-refractivity contribution in [3.05, 3.63) is 111 Å². The molecule has 2 aromatic carbocycles. The van der Waals surface area contributed by atoms with Crippen molar-refractivity contribution in [1.82, 2.24) is 24.5 Å². The van der Waals surface area contributed by atoms with Crippen molar-refractivity contribution >= 4 is 34.1 Å². The van der Waals surface area contributed by atoms with E-state index >= 15 is 0 Å². The molecule has 5 rings (SSSR count). The summed E-state index contributed by atoms with van der Waals surface area (Å²) in [4.78, 5) is 31.2. The SMILES string of the molecule is Cc1ccnc(C#Cc2c(N)ncnc2NC(C)c2nc3cccc(Cl)c3c(=O)n2-c2ccccc2)c1. The summed E-state index contributed by atoms with van der Waals surface area (Å²) < 4.78 is 1.55. The van der Waals surface area contributed by atoms with E-state index in [1.54, 1.807) is 29.0 Å². The monoisotopic (exact) mass is 507 g/mol. The van der Waals surface area contributed by atoms with Gasteiger partial charge >= 0.3 is 0 Å². The third kappa shape index (κ3) is 4.85. The van der Waals surface area contributed by atoms with Crippen LogP contribution in [0.2, 0.25) is 5.02 Å². The summed E-state index contributed by atoms with van der Waals surface area (Å²) in [6.07, 6.45) is 3.06. The predicted octanol–water partition coefficient (Wildman–Crippen LogP) is 4.69. The molecule has 1 atom stereocenters. The number of hydrogen-bond acceptors (Lipinski definition) is 7. The minimum absolute atomic E-state index is 0.226. The molecule has 3 aromatic heterocycles. The van der Waals surface area contributed by atoms with Crippen molar-refractivity contribution in [2.45, 2.75) is 19.9 Å². The third-order valence-corrected chi connectivity index (χ3v) is 6.05. The number of aryl methyl sites for hydroxylation is 1. The van der Waals surface area contributed by atoms with Crippen LogP contribution in [0.4, 0.5) is 11.6 Å². The van der Waals surface area contributed by atoms with Crippen LogP contribution in [0.1, 0.15) is 35.6 Å². The molecule has 0 fully saturated rings. The topological polar surface area (TPSA) is 112 Å². The lowest BCUT2D eigenvalue weighted by atomic mass is 10.2. The van der Waals surface area contributed by atoms with Gasteiger partial charge in [-0.3, -0.25) is 9.36 Å².